The Morgan fingerprint density at radius 2 is 1.67 bits per heavy atom. The first-order valence-corrected chi connectivity index (χ1v) is 11.4. The van der Waals surface area contributed by atoms with E-state index in [1.807, 2.05) is 52.0 Å². The van der Waals surface area contributed by atoms with E-state index in [4.69, 9.17) is 21.1 Å². The molecule has 2 rings (SSSR count). The standard InChI is InChI=1S/C26H37N3O4/c1-5-8-21-23(14-13-20(24(21)31)22(30)17-26(2,3)4)33-16-7-6-15-32-19-11-9-18(10-12-19)25(27)29-28/h9-14,31H,5-8,15-17,28H2,1-4H3,(H2,27,29). The van der Waals surface area contributed by atoms with Gasteiger partial charge in [0.25, 0.3) is 0 Å². The maximum atomic E-state index is 12.6. The number of Topliss-reactive ketones (excluding diaryl/α,β-unsaturated/α-hetero) is 1. The number of nitrogens with two attached hydrogens (primary N) is 2. The molecule has 0 aliphatic heterocycles. The lowest BCUT2D eigenvalue weighted by atomic mass is 9.87. The highest BCUT2D eigenvalue weighted by atomic mass is 16.5. The van der Waals surface area contributed by atoms with Crippen LogP contribution in [0.2, 0.25) is 0 Å². The van der Waals surface area contributed by atoms with Gasteiger partial charge in [-0.1, -0.05) is 34.1 Å². The fourth-order valence-electron chi connectivity index (χ4n) is 3.42. The predicted octanol–water partition coefficient (Wildman–Crippen LogP) is 4.78. The first-order chi connectivity index (χ1) is 15.7. The van der Waals surface area contributed by atoms with Crippen LogP contribution in [0.5, 0.6) is 17.2 Å². The molecule has 0 aromatic heterocycles. The summed E-state index contributed by atoms with van der Waals surface area (Å²) in [5, 5.41) is 14.2. The number of phenols is 1. The minimum atomic E-state index is -0.139. The number of amidine groups is 1. The van der Waals surface area contributed by atoms with Gasteiger partial charge in [-0.3, -0.25) is 4.79 Å². The second kappa shape index (κ2) is 12.1. The van der Waals surface area contributed by atoms with Gasteiger partial charge in [0.05, 0.1) is 18.8 Å². The summed E-state index contributed by atoms with van der Waals surface area (Å²) in [6, 6.07) is 10.7. The third-order valence-corrected chi connectivity index (χ3v) is 5.09. The van der Waals surface area contributed by atoms with Gasteiger partial charge in [0, 0.05) is 17.5 Å². The summed E-state index contributed by atoms with van der Waals surface area (Å²) in [7, 11) is 0. The molecule has 7 nitrogen and oxygen atoms in total. The number of carbonyl (C=O) groups excluding carboxylic acids is 1. The number of carbonyl (C=O) groups is 1. The normalized spacial score (nSPS) is 11.9. The number of benzene rings is 2. The van der Waals surface area contributed by atoms with Crippen LogP contribution in [0.4, 0.5) is 0 Å². The van der Waals surface area contributed by atoms with Gasteiger partial charge in [0.1, 0.15) is 23.1 Å². The summed E-state index contributed by atoms with van der Waals surface area (Å²) >= 11 is 0. The Hall–Kier alpha value is -3.22. The molecular weight excluding hydrogens is 418 g/mol. The number of ketones is 1. The van der Waals surface area contributed by atoms with Crippen LogP contribution >= 0.6 is 0 Å². The largest absolute Gasteiger partial charge is 0.507 e. The van der Waals surface area contributed by atoms with Crippen molar-refractivity contribution in [1.29, 1.82) is 0 Å². The maximum absolute atomic E-state index is 12.6. The zero-order valence-corrected chi connectivity index (χ0v) is 20.2. The number of rotatable bonds is 12. The number of hydrogen-bond acceptors (Lipinski definition) is 6. The number of hydrazone groups is 1. The van der Waals surface area contributed by atoms with Gasteiger partial charge in [-0.05, 0) is 61.1 Å². The molecule has 2 aromatic carbocycles. The molecule has 5 N–H and O–H groups in total. The molecule has 0 amide bonds. The Morgan fingerprint density at radius 1 is 1.03 bits per heavy atom. The lowest BCUT2D eigenvalue weighted by molar-refractivity contribution is 0.0937. The first kappa shape index (κ1) is 26.0. The van der Waals surface area contributed by atoms with Crippen molar-refractivity contribution in [2.75, 3.05) is 13.2 Å². The predicted molar refractivity (Wildman–Crippen MR) is 132 cm³/mol. The second-order valence-corrected chi connectivity index (χ2v) is 9.29. The summed E-state index contributed by atoms with van der Waals surface area (Å²) < 4.78 is 11.7. The highest BCUT2D eigenvalue weighted by Gasteiger charge is 2.22. The van der Waals surface area contributed by atoms with Crippen molar-refractivity contribution in [1.82, 2.24) is 0 Å². The molecule has 0 fully saturated rings. The SMILES string of the molecule is CCCc1c(OCCCCOc2ccc(/C(N)=N/N)cc2)ccc(C(=O)CC(C)(C)C)c1O. The zero-order chi connectivity index (χ0) is 24.4. The number of phenolic OH excluding ortho intramolecular Hbond substituents is 1. The summed E-state index contributed by atoms with van der Waals surface area (Å²) in [6.45, 7) is 9.12. The minimum Gasteiger partial charge on any atom is -0.507 e. The molecule has 0 unspecified atom stereocenters. The molecule has 0 aliphatic carbocycles. The zero-order valence-electron chi connectivity index (χ0n) is 20.2. The number of nitrogens with zero attached hydrogens (tertiary/aromatic N) is 1. The number of hydrogen-bond donors (Lipinski definition) is 3. The van der Waals surface area contributed by atoms with Crippen molar-refractivity contribution in [2.45, 2.75) is 59.8 Å². The van der Waals surface area contributed by atoms with Gasteiger partial charge in [0.15, 0.2) is 5.78 Å². The summed E-state index contributed by atoms with van der Waals surface area (Å²) in [4.78, 5) is 12.6. The Morgan fingerprint density at radius 3 is 2.24 bits per heavy atom. The molecule has 0 bridgehead atoms. The van der Waals surface area contributed by atoms with Crippen molar-refractivity contribution in [3.63, 3.8) is 0 Å². The molecule has 0 saturated carbocycles. The molecule has 0 saturated heterocycles. The number of aromatic hydroxyl groups is 1. The Balaban J connectivity index is 1.87. The van der Waals surface area contributed by atoms with Crippen molar-refractivity contribution in [3.8, 4) is 17.2 Å². The van der Waals surface area contributed by atoms with Gasteiger partial charge in [0.2, 0.25) is 0 Å². The molecule has 7 heteroatoms. The number of ether oxygens (including phenoxy) is 2. The van der Waals surface area contributed by atoms with Gasteiger partial charge in [-0.25, -0.2) is 0 Å². The van der Waals surface area contributed by atoms with E-state index in [-0.39, 0.29) is 22.8 Å². The van der Waals surface area contributed by atoms with Gasteiger partial charge < -0.3 is 26.2 Å². The van der Waals surface area contributed by atoms with Crippen LogP contribution in [0.25, 0.3) is 0 Å². The van der Waals surface area contributed by atoms with Crippen LogP contribution in [-0.4, -0.2) is 29.9 Å². The van der Waals surface area contributed by atoms with Crippen molar-refractivity contribution >= 4 is 11.6 Å². The Kier molecular flexibility index (Phi) is 9.57. The first-order valence-electron chi connectivity index (χ1n) is 11.4. The average Bonchev–Trinajstić information content (AvgIpc) is 2.76. The van der Waals surface area contributed by atoms with Crippen LogP contribution in [-0.2, 0) is 6.42 Å². The van der Waals surface area contributed by atoms with Crippen molar-refractivity contribution in [2.24, 2.45) is 22.1 Å². The van der Waals surface area contributed by atoms with Gasteiger partial charge in [-0.15, -0.1) is 0 Å². The quantitative estimate of drug-likeness (QED) is 0.106. The van der Waals surface area contributed by atoms with E-state index < -0.39 is 0 Å². The fourth-order valence-corrected chi connectivity index (χ4v) is 3.42. The minimum absolute atomic E-state index is 0.0490. The highest BCUT2D eigenvalue weighted by Crippen LogP contribution is 2.35. The smallest absolute Gasteiger partial charge is 0.167 e. The van der Waals surface area contributed by atoms with Crippen LogP contribution < -0.4 is 21.1 Å². The molecule has 33 heavy (non-hydrogen) atoms. The third kappa shape index (κ3) is 8.00. The Bertz CT molecular complexity index is 947. The number of unbranched alkanes of at least 4 members (excludes halogenated alkanes) is 1. The monoisotopic (exact) mass is 455 g/mol. The third-order valence-electron chi connectivity index (χ3n) is 5.09. The van der Waals surface area contributed by atoms with Crippen molar-refractivity contribution in [3.05, 3.63) is 53.1 Å². The summed E-state index contributed by atoms with van der Waals surface area (Å²) in [5.41, 5.74) is 7.36. The van der Waals surface area contributed by atoms with E-state index in [9.17, 15) is 9.90 Å². The fraction of sp³-hybridized carbons (Fsp3) is 0.462. The van der Waals surface area contributed by atoms with Crippen LogP contribution in [0, 0.1) is 5.41 Å². The molecule has 0 heterocycles. The molecule has 0 aliphatic rings. The lowest BCUT2D eigenvalue weighted by Crippen LogP contribution is -2.15. The van der Waals surface area contributed by atoms with E-state index in [2.05, 4.69) is 5.10 Å². The summed E-state index contributed by atoms with van der Waals surface area (Å²) in [6.07, 6.45) is 3.48. The van der Waals surface area contributed by atoms with E-state index in [0.717, 1.165) is 30.6 Å². The van der Waals surface area contributed by atoms with Crippen LogP contribution in [0.1, 0.15) is 74.9 Å². The van der Waals surface area contributed by atoms with E-state index in [1.54, 1.807) is 12.1 Å². The van der Waals surface area contributed by atoms with Gasteiger partial charge >= 0.3 is 0 Å². The molecule has 0 spiro atoms. The van der Waals surface area contributed by atoms with Gasteiger partial charge in [-0.2, -0.15) is 5.10 Å². The Labute approximate surface area is 196 Å². The molecule has 0 atom stereocenters. The second-order valence-electron chi connectivity index (χ2n) is 9.29. The van der Waals surface area contributed by atoms with Crippen molar-refractivity contribution < 1.29 is 19.4 Å². The van der Waals surface area contributed by atoms with E-state index in [0.29, 0.717) is 42.9 Å². The molecule has 0 radical (unpaired) electrons. The highest BCUT2D eigenvalue weighted by molar-refractivity contribution is 5.99. The lowest BCUT2D eigenvalue weighted by Gasteiger charge is -2.19. The van der Waals surface area contributed by atoms with E-state index >= 15 is 0 Å². The molecular formula is C26H37N3O4. The van der Waals surface area contributed by atoms with E-state index in [1.165, 1.54) is 0 Å². The average molecular weight is 456 g/mol. The molecule has 180 valence electrons. The molecule has 2 aromatic rings. The van der Waals surface area contributed by atoms with Crippen LogP contribution in [0.3, 0.4) is 0 Å². The maximum Gasteiger partial charge on any atom is 0.167 e. The summed E-state index contributed by atoms with van der Waals surface area (Å²) in [5.74, 6) is 6.84. The topological polar surface area (TPSA) is 120 Å². The van der Waals surface area contributed by atoms with Crippen LogP contribution in [0.15, 0.2) is 41.5 Å².